The molecule has 3 heteroatoms. The molecular weight excluding hydrogens is 320 g/mol. The molecule has 0 amide bonds. The molecule has 2 unspecified atom stereocenters. The second-order valence-corrected chi connectivity index (χ2v) is 7.86. The molecule has 26 heavy (non-hydrogen) atoms. The van der Waals surface area contributed by atoms with Crippen molar-refractivity contribution in [2.45, 2.75) is 49.9 Å². The van der Waals surface area contributed by atoms with Crippen LogP contribution in [0, 0.1) is 0 Å². The monoisotopic (exact) mass is 344 g/mol. The lowest BCUT2D eigenvalue weighted by Crippen LogP contribution is -2.49. The fourth-order valence-electron chi connectivity index (χ4n) is 5.09. The number of nitrogens with zero attached hydrogens (tertiary/aromatic N) is 2. The van der Waals surface area contributed by atoms with E-state index in [2.05, 4.69) is 46.3 Å². The van der Waals surface area contributed by atoms with Crippen LogP contribution < -0.4 is 0 Å². The summed E-state index contributed by atoms with van der Waals surface area (Å²) in [4.78, 5) is 7.09. The summed E-state index contributed by atoms with van der Waals surface area (Å²) in [6, 6.07) is 21.8. The average molecular weight is 344 g/mol. The van der Waals surface area contributed by atoms with Crippen molar-refractivity contribution >= 4 is 10.9 Å². The highest BCUT2D eigenvalue weighted by Gasteiger charge is 2.48. The van der Waals surface area contributed by atoms with Crippen LogP contribution in [0.1, 0.15) is 36.8 Å². The SMILES string of the molecule is OC1(c2ccnc3ccccc23)CC2CCC(C1)N2Cc1ccccc1. The lowest BCUT2D eigenvalue weighted by Gasteiger charge is -2.44. The summed E-state index contributed by atoms with van der Waals surface area (Å²) in [6.07, 6.45) is 5.83. The Morgan fingerprint density at radius 1 is 0.923 bits per heavy atom. The van der Waals surface area contributed by atoms with E-state index in [1.807, 2.05) is 30.5 Å². The molecule has 0 radical (unpaired) electrons. The zero-order valence-electron chi connectivity index (χ0n) is 14.9. The Balaban J connectivity index is 1.46. The van der Waals surface area contributed by atoms with Crippen LogP contribution in [0.4, 0.5) is 0 Å². The third-order valence-electron chi connectivity index (χ3n) is 6.28. The zero-order chi connectivity index (χ0) is 17.6. The molecule has 2 aromatic carbocycles. The number of rotatable bonds is 3. The van der Waals surface area contributed by atoms with Crippen LogP contribution in [0.15, 0.2) is 66.9 Å². The minimum Gasteiger partial charge on any atom is -0.385 e. The predicted molar refractivity (Wildman–Crippen MR) is 104 cm³/mol. The molecule has 0 aliphatic carbocycles. The Bertz CT molecular complexity index is 904. The topological polar surface area (TPSA) is 36.4 Å². The normalized spacial score (nSPS) is 28.5. The van der Waals surface area contributed by atoms with Crippen molar-refractivity contribution in [3.8, 4) is 0 Å². The van der Waals surface area contributed by atoms with Crippen LogP contribution in [-0.4, -0.2) is 27.1 Å². The second kappa shape index (κ2) is 6.19. The summed E-state index contributed by atoms with van der Waals surface area (Å²) in [5, 5.41) is 12.7. The molecule has 3 heterocycles. The van der Waals surface area contributed by atoms with Gasteiger partial charge in [0.25, 0.3) is 0 Å². The number of hydrogen-bond acceptors (Lipinski definition) is 3. The highest BCUT2D eigenvalue weighted by Crippen LogP contribution is 2.47. The molecule has 5 rings (SSSR count). The van der Waals surface area contributed by atoms with Gasteiger partial charge in [-0.25, -0.2) is 0 Å². The van der Waals surface area contributed by atoms with Crippen LogP contribution in [0.5, 0.6) is 0 Å². The molecule has 2 fully saturated rings. The van der Waals surface area contributed by atoms with Gasteiger partial charge >= 0.3 is 0 Å². The quantitative estimate of drug-likeness (QED) is 0.772. The van der Waals surface area contributed by atoms with Gasteiger partial charge in [0.1, 0.15) is 0 Å². The van der Waals surface area contributed by atoms with Crippen LogP contribution in [-0.2, 0) is 12.1 Å². The maximum atomic E-state index is 11.7. The average Bonchev–Trinajstić information content (AvgIpc) is 2.92. The lowest BCUT2D eigenvalue weighted by atomic mass is 9.79. The first kappa shape index (κ1) is 16.0. The van der Waals surface area contributed by atoms with Crippen LogP contribution >= 0.6 is 0 Å². The lowest BCUT2D eigenvalue weighted by molar-refractivity contribution is -0.0585. The number of fused-ring (bicyclic) bond motifs is 3. The molecule has 3 nitrogen and oxygen atoms in total. The molecule has 0 spiro atoms. The molecule has 2 aliphatic rings. The van der Waals surface area contributed by atoms with Gasteiger partial charge in [0.15, 0.2) is 0 Å². The Kier molecular flexibility index (Phi) is 3.80. The van der Waals surface area contributed by atoms with E-state index < -0.39 is 5.60 Å². The molecule has 1 aromatic heterocycles. The Hall–Kier alpha value is -2.23. The molecule has 2 atom stereocenters. The van der Waals surface area contributed by atoms with E-state index >= 15 is 0 Å². The van der Waals surface area contributed by atoms with Gasteiger partial charge in [-0.3, -0.25) is 9.88 Å². The molecule has 0 saturated carbocycles. The highest BCUT2D eigenvalue weighted by atomic mass is 16.3. The van der Waals surface area contributed by atoms with Gasteiger partial charge in [-0.2, -0.15) is 0 Å². The van der Waals surface area contributed by atoms with Gasteiger partial charge in [0, 0.05) is 30.2 Å². The van der Waals surface area contributed by atoms with E-state index in [0.29, 0.717) is 12.1 Å². The molecule has 132 valence electrons. The smallest absolute Gasteiger partial charge is 0.0933 e. The molecule has 2 saturated heterocycles. The van der Waals surface area contributed by atoms with Crippen LogP contribution in [0.25, 0.3) is 10.9 Å². The second-order valence-electron chi connectivity index (χ2n) is 7.86. The van der Waals surface area contributed by atoms with Crippen molar-refractivity contribution in [1.82, 2.24) is 9.88 Å². The van der Waals surface area contributed by atoms with Crippen molar-refractivity contribution in [3.63, 3.8) is 0 Å². The summed E-state index contributed by atoms with van der Waals surface area (Å²) >= 11 is 0. The number of aliphatic hydroxyl groups is 1. The summed E-state index contributed by atoms with van der Waals surface area (Å²) in [7, 11) is 0. The molecule has 2 aliphatic heterocycles. The van der Waals surface area contributed by atoms with E-state index in [9.17, 15) is 5.11 Å². The van der Waals surface area contributed by atoms with Crippen molar-refractivity contribution in [1.29, 1.82) is 0 Å². The van der Waals surface area contributed by atoms with E-state index in [-0.39, 0.29) is 0 Å². The fourth-order valence-corrected chi connectivity index (χ4v) is 5.09. The highest BCUT2D eigenvalue weighted by molar-refractivity contribution is 5.82. The number of hydrogen-bond donors (Lipinski definition) is 1. The Morgan fingerprint density at radius 3 is 2.38 bits per heavy atom. The molecule has 1 N–H and O–H groups in total. The summed E-state index contributed by atoms with van der Waals surface area (Å²) in [6.45, 7) is 0.989. The van der Waals surface area contributed by atoms with E-state index in [4.69, 9.17) is 0 Å². The van der Waals surface area contributed by atoms with E-state index in [1.165, 1.54) is 18.4 Å². The molecular formula is C23H24N2O. The summed E-state index contributed by atoms with van der Waals surface area (Å²) in [5.41, 5.74) is 2.64. The van der Waals surface area contributed by atoms with Crippen LogP contribution in [0.2, 0.25) is 0 Å². The van der Waals surface area contributed by atoms with Crippen molar-refractivity contribution in [2.24, 2.45) is 0 Å². The van der Waals surface area contributed by atoms with E-state index in [1.54, 1.807) is 0 Å². The predicted octanol–water partition coefficient (Wildman–Crippen LogP) is 4.25. The van der Waals surface area contributed by atoms with Gasteiger partial charge in [-0.05, 0) is 48.9 Å². The zero-order valence-corrected chi connectivity index (χ0v) is 14.9. The maximum absolute atomic E-state index is 11.7. The van der Waals surface area contributed by atoms with Gasteiger partial charge in [0.2, 0.25) is 0 Å². The number of para-hydroxylation sites is 1. The van der Waals surface area contributed by atoms with Crippen molar-refractivity contribution in [3.05, 3.63) is 78.0 Å². The van der Waals surface area contributed by atoms with Gasteiger partial charge in [-0.15, -0.1) is 0 Å². The van der Waals surface area contributed by atoms with Crippen molar-refractivity contribution in [2.75, 3.05) is 0 Å². The standard InChI is InChI=1S/C23H24N2O/c26-23(21-12-13-24-22-9-5-4-8-20(21)22)14-18-10-11-19(15-23)25(18)16-17-6-2-1-3-7-17/h1-9,12-13,18-19,26H,10-11,14-16H2. The summed E-state index contributed by atoms with van der Waals surface area (Å²) < 4.78 is 0. The Morgan fingerprint density at radius 2 is 1.62 bits per heavy atom. The number of piperidine rings is 1. The van der Waals surface area contributed by atoms with Crippen molar-refractivity contribution < 1.29 is 5.11 Å². The maximum Gasteiger partial charge on any atom is 0.0933 e. The third-order valence-corrected chi connectivity index (χ3v) is 6.28. The first-order valence-electron chi connectivity index (χ1n) is 9.59. The third kappa shape index (κ3) is 2.63. The molecule has 2 bridgehead atoms. The number of benzene rings is 2. The van der Waals surface area contributed by atoms with Crippen LogP contribution in [0.3, 0.4) is 0 Å². The van der Waals surface area contributed by atoms with Gasteiger partial charge < -0.3 is 5.11 Å². The first-order chi connectivity index (χ1) is 12.7. The number of aromatic nitrogens is 1. The molecule has 3 aromatic rings. The minimum atomic E-state index is -0.748. The largest absolute Gasteiger partial charge is 0.385 e. The minimum absolute atomic E-state index is 0.450. The first-order valence-corrected chi connectivity index (χ1v) is 9.59. The van der Waals surface area contributed by atoms with Gasteiger partial charge in [0.05, 0.1) is 11.1 Å². The fraction of sp³-hybridized carbons (Fsp3) is 0.348. The van der Waals surface area contributed by atoms with E-state index in [0.717, 1.165) is 35.9 Å². The summed E-state index contributed by atoms with van der Waals surface area (Å²) in [5.74, 6) is 0. The van der Waals surface area contributed by atoms with Gasteiger partial charge in [-0.1, -0.05) is 48.5 Å². The Labute approximate surface area is 154 Å². The number of pyridine rings is 1.